The summed E-state index contributed by atoms with van der Waals surface area (Å²) >= 11 is 0. The van der Waals surface area contributed by atoms with Crippen LogP contribution in [0.2, 0.25) is 0 Å². The Hall–Kier alpha value is -7.58. The number of aromatic hydroxyl groups is 1. The van der Waals surface area contributed by atoms with E-state index >= 15 is 0 Å². The number of aliphatic carboxylic acids is 2. The molecule has 0 saturated heterocycles. The average Bonchev–Trinajstić information content (AvgIpc) is 4.05. The second-order valence-corrected chi connectivity index (χ2v) is 13.7. The van der Waals surface area contributed by atoms with Gasteiger partial charge in [0.1, 0.15) is 17.3 Å². The molecule has 0 aliphatic carbocycles. The van der Waals surface area contributed by atoms with E-state index in [0.29, 0.717) is 29.5 Å². The van der Waals surface area contributed by atoms with Gasteiger partial charge in [0.2, 0.25) is 0 Å². The van der Waals surface area contributed by atoms with Crippen molar-refractivity contribution in [3.8, 4) is 51.1 Å². The Labute approximate surface area is 337 Å². The number of carbonyl (C=O) groups is 2. The summed E-state index contributed by atoms with van der Waals surface area (Å²) in [5.74, 6) is -0.563. The number of fused-ring (bicyclic) bond motifs is 1. The third-order valence-corrected chi connectivity index (χ3v) is 9.92. The van der Waals surface area contributed by atoms with Gasteiger partial charge in [0.05, 0.1) is 43.5 Å². The number of carboxylic acids is 2. The summed E-state index contributed by atoms with van der Waals surface area (Å²) in [6, 6.07) is 33.8. The van der Waals surface area contributed by atoms with E-state index in [1.807, 2.05) is 112 Å². The minimum absolute atomic E-state index is 0.0109. The van der Waals surface area contributed by atoms with E-state index < -0.39 is 17.7 Å². The van der Waals surface area contributed by atoms with Crippen molar-refractivity contribution in [2.75, 3.05) is 7.11 Å². The second-order valence-electron chi connectivity index (χ2n) is 13.7. The van der Waals surface area contributed by atoms with Gasteiger partial charge in [-0.1, -0.05) is 12.1 Å². The first-order valence-electron chi connectivity index (χ1n) is 18.7. The van der Waals surface area contributed by atoms with Gasteiger partial charge >= 0.3 is 17.7 Å². The Kier molecular flexibility index (Phi) is 11.6. The molecule has 0 aliphatic heterocycles. The molecule has 300 valence electrons. The Morgan fingerprint density at radius 2 is 1.31 bits per heavy atom. The van der Waals surface area contributed by atoms with Crippen LogP contribution in [-0.4, -0.2) is 63.1 Å². The van der Waals surface area contributed by atoms with Crippen molar-refractivity contribution >= 4 is 23.0 Å². The van der Waals surface area contributed by atoms with Gasteiger partial charge in [-0.15, -0.1) is 0 Å². The van der Waals surface area contributed by atoms with Crippen molar-refractivity contribution < 1.29 is 39.2 Å². The first-order valence-corrected chi connectivity index (χ1v) is 18.7. The molecular formula is C45H41N5O9. The molecule has 14 nitrogen and oxygen atoms in total. The smallest absolute Gasteiger partial charge is 0.417 e. The lowest BCUT2D eigenvalue weighted by atomic mass is 10.1. The fourth-order valence-corrected chi connectivity index (χ4v) is 7.00. The maximum Gasteiger partial charge on any atom is 0.417 e. The number of hydrogen-bond acceptors (Lipinski definition) is 8. The summed E-state index contributed by atoms with van der Waals surface area (Å²) in [7, 11) is 1.61. The number of aliphatic hydroxyl groups excluding tert-OH is 1. The average molecular weight is 796 g/mol. The summed E-state index contributed by atoms with van der Waals surface area (Å²) in [5, 5.41) is 37.6. The largest absolute Gasteiger partial charge is 0.508 e. The molecule has 0 aliphatic rings. The molecule has 8 aromatic rings. The van der Waals surface area contributed by atoms with Crippen molar-refractivity contribution in [2.24, 2.45) is 0 Å². The summed E-state index contributed by atoms with van der Waals surface area (Å²) in [6.45, 7) is 1.66. The van der Waals surface area contributed by atoms with Gasteiger partial charge < -0.3 is 43.3 Å². The zero-order valence-electron chi connectivity index (χ0n) is 32.2. The maximum absolute atomic E-state index is 11.6. The van der Waals surface area contributed by atoms with Crippen LogP contribution in [0.25, 0.3) is 50.7 Å². The van der Waals surface area contributed by atoms with Crippen LogP contribution in [0.5, 0.6) is 11.5 Å². The van der Waals surface area contributed by atoms with Crippen molar-refractivity contribution in [3.63, 3.8) is 0 Å². The first-order chi connectivity index (χ1) is 28.5. The minimum Gasteiger partial charge on any atom is -0.508 e. The highest BCUT2D eigenvalue weighted by Gasteiger charge is 2.17. The van der Waals surface area contributed by atoms with Gasteiger partial charge in [-0.2, -0.15) is 0 Å². The van der Waals surface area contributed by atoms with Crippen LogP contribution >= 0.6 is 0 Å². The van der Waals surface area contributed by atoms with E-state index in [2.05, 4.69) is 9.97 Å². The number of nitrogens with zero attached hydrogens (tertiary/aromatic N) is 4. The monoisotopic (exact) mass is 795 g/mol. The van der Waals surface area contributed by atoms with E-state index in [1.54, 1.807) is 31.5 Å². The third-order valence-electron chi connectivity index (χ3n) is 9.92. The SMILES string of the molecule is COc1ccc(-c2ccc(CCC(=O)O)n2-c2ccc(O)c(CO)c2)cc1.Cc1nccn1-c1ccc(-c2ccc(CCC(=O)O)n2-c2ccc3oc(=O)[nH]c3c2)cc1. The number of H-pyrrole nitrogens is 1. The van der Waals surface area contributed by atoms with E-state index in [9.17, 15) is 29.7 Å². The number of aromatic amines is 1. The van der Waals surface area contributed by atoms with Gasteiger partial charge in [0.25, 0.3) is 0 Å². The number of aryl methyl sites for hydroxylation is 3. The number of oxazole rings is 1. The lowest BCUT2D eigenvalue weighted by Gasteiger charge is -2.15. The Balaban J connectivity index is 0.000000182. The number of methoxy groups -OCH3 is 1. The van der Waals surface area contributed by atoms with E-state index in [4.69, 9.17) is 14.3 Å². The van der Waals surface area contributed by atoms with E-state index in [-0.39, 0.29) is 25.2 Å². The Bertz CT molecular complexity index is 2810. The van der Waals surface area contributed by atoms with Crippen molar-refractivity contribution in [3.05, 3.63) is 155 Å². The molecule has 0 saturated carbocycles. The van der Waals surface area contributed by atoms with Crippen LogP contribution in [0, 0.1) is 6.92 Å². The molecule has 0 spiro atoms. The van der Waals surface area contributed by atoms with Crippen molar-refractivity contribution in [1.29, 1.82) is 0 Å². The molecule has 0 fully saturated rings. The molecule has 0 radical (unpaired) electrons. The number of carboxylic acid groups (broad SMARTS) is 2. The molecular weight excluding hydrogens is 755 g/mol. The van der Waals surface area contributed by atoms with Crippen molar-refractivity contribution in [1.82, 2.24) is 23.7 Å². The summed E-state index contributed by atoms with van der Waals surface area (Å²) in [4.78, 5) is 40.7. The number of imidazole rings is 1. The quantitative estimate of drug-likeness (QED) is 0.0781. The zero-order valence-corrected chi connectivity index (χ0v) is 32.2. The Morgan fingerprint density at radius 1 is 0.746 bits per heavy atom. The highest BCUT2D eigenvalue weighted by molar-refractivity contribution is 5.76. The molecule has 4 heterocycles. The molecule has 59 heavy (non-hydrogen) atoms. The van der Waals surface area contributed by atoms with Crippen LogP contribution in [0.4, 0.5) is 0 Å². The molecule has 4 aromatic heterocycles. The predicted molar refractivity (Wildman–Crippen MR) is 221 cm³/mol. The van der Waals surface area contributed by atoms with E-state index in [0.717, 1.165) is 62.5 Å². The third kappa shape index (κ3) is 8.72. The number of aromatic nitrogens is 5. The topological polar surface area (TPSA) is 198 Å². The zero-order chi connectivity index (χ0) is 41.6. The number of hydrogen-bond donors (Lipinski definition) is 5. The minimum atomic E-state index is -0.865. The molecule has 5 N–H and O–H groups in total. The fourth-order valence-electron chi connectivity index (χ4n) is 7.00. The van der Waals surface area contributed by atoms with Crippen LogP contribution in [0.3, 0.4) is 0 Å². The lowest BCUT2D eigenvalue weighted by molar-refractivity contribution is -0.138. The van der Waals surface area contributed by atoms with E-state index in [1.165, 1.54) is 6.07 Å². The molecule has 0 unspecified atom stereocenters. The van der Waals surface area contributed by atoms with Crippen LogP contribution < -0.4 is 10.5 Å². The van der Waals surface area contributed by atoms with Gasteiger partial charge in [-0.25, -0.2) is 9.78 Å². The van der Waals surface area contributed by atoms with Crippen LogP contribution in [0.15, 0.2) is 131 Å². The second kappa shape index (κ2) is 17.3. The predicted octanol–water partition coefficient (Wildman–Crippen LogP) is 7.46. The summed E-state index contributed by atoms with van der Waals surface area (Å²) in [6.07, 6.45) is 4.45. The number of aliphatic hydroxyl groups is 1. The molecule has 0 amide bonds. The first kappa shape index (κ1) is 39.6. The number of rotatable bonds is 13. The van der Waals surface area contributed by atoms with Crippen LogP contribution in [0.1, 0.15) is 35.6 Å². The summed E-state index contributed by atoms with van der Waals surface area (Å²) in [5.41, 5.74) is 9.44. The molecule has 4 aromatic carbocycles. The number of benzene rings is 4. The molecule has 14 heteroatoms. The summed E-state index contributed by atoms with van der Waals surface area (Å²) < 4.78 is 16.3. The van der Waals surface area contributed by atoms with Gasteiger partial charge in [-0.05, 0) is 128 Å². The molecule has 0 bridgehead atoms. The lowest BCUT2D eigenvalue weighted by Crippen LogP contribution is -2.06. The maximum atomic E-state index is 11.6. The molecule has 8 rings (SSSR count). The van der Waals surface area contributed by atoms with Crippen molar-refractivity contribution in [2.45, 2.75) is 39.2 Å². The number of phenols is 1. The highest BCUT2D eigenvalue weighted by atomic mass is 16.5. The van der Waals surface area contributed by atoms with Gasteiger partial charge in [0, 0.05) is 46.4 Å². The normalized spacial score (nSPS) is 11.0. The van der Waals surface area contributed by atoms with Crippen LogP contribution in [-0.2, 0) is 29.0 Å². The Morgan fingerprint density at radius 3 is 1.85 bits per heavy atom. The standard InChI is InChI=1S/C24H20N4O4.C21H21NO5/c1-15-25-12-13-27(15)17-4-2-16(3-5-17)21-9-6-18(8-11-23(29)30)28(21)19-7-10-22-20(14-19)26-24(31)32-22;1-27-18-7-2-14(3-8-18)19-9-4-16(6-11-21(25)26)22(19)17-5-10-20(24)15(12-17)13-23/h2-7,9-10,12-14H,8,11H2,1H3,(H,26,31)(H,29,30);2-5,7-10,12,23-24H,6,11,13H2,1H3,(H,25,26). The molecule has 0 atom stereocenters. The highest BCUT2D eigenvalue weighted by Crippen LogP contribution is 2.32. The fraction of sp³-hybridized carbons (Fsp3) is 0.156. The van der Waals surface area contributed by atoms with Gasteiger partial charge in [-0.3, -0.25) is 14.6 Å². The number of nitrogens with one attached hydrogen (secondary N) is 1. The number of ether oxygens (including phenoxy) is 1. The van der Waals surface area contributed by atoms with Gasteiger partial charge in [0.15, 0.2) is 5.58 Å².